The van der Waals surface area contributed by atoms with E-state index in [1.54, 1.807) is 25.4 Å². The summed E-state index contributed by atoms with van der Waals surface area (Å²) in [7, 11) is 1.66. The largest absolute Gasteiger partial charge is 0.497 e. The van der Waals surface area contributed by atoms with Crippen molar-refractivity contribution in [3.63, 3.8) is 0 Å². The lowest BCUT2D eigenvalue weighted by molar-refractivity contribution is 0.0578. The Morgan fingerprint density at radius 2 is 1.79 bits per heavy atom. The van der Waals surface area contributed by atoms with Crippen molar-refractivity contribution >= 4 is 27.5 Å². The molecule has 5 aromatic rings. The van der Waals surface area contributed by atoms with Gasteiger partial charge in [-0.15, -0.1) is 21.5 Å². The molecule has 0 aliphatic carbocycles. The molecule has 1 atom stereocenters. The van der Waals surface area contributed by atoms with Crippen molar-refractivity contribution in [2.24, 2.45) is 0 Å². The average Bonchev–Trinajstić information content (AvgIpc) is 3.59. The Morgan fingerprint density at radius 1 is 0.974 bits per heavy atom. The fourth-order valence-electron chi connectivity index (χ4n) is 4.87. The SMILES string of the molecule is COc1ccc2nc(-c3cccc(C(=O)N4CCN(C(c5ccccc5)c5nnc(C)o5)CC4)c3)sc2c1. The lowest BCUT2D eigenvalue weighted by Crippen LogP contribution is -2.50. The zero-order valence-corrected chi connectivity index (χ0v) is 22.0. The van der Waals surface area contributed by atoms with Crippen LogP contribution in [0, 0.1) is 6.92 Å². The maximum Gasteiger partial charge on any atom is 0.253 e. The molecule has 2 aromatic heterocycles. The quantitative estimate of drug-likeness (QED) is 0.301. The van der Waals surface area contributed by atoms with Crippen LogP contribution in [0.4, 0.5) is 0 Å². The molecule has 3 aromatic carbocycles. The number of fused-ring (bicyclic) bond motifs is 1. The van der Waals surface area contributed by atoms with E-state index >= 15 is 0 Å². The highest BCUT2D eigenvalue weighted by Gasteiger charge is 2.31. The molecule has 8 nitrogen and oxygen atoms in total. The summed E-state index contributed by atoms with van der Waals surface area (Å²) >= 11 is 1.59. The molecule has 38 heavy (non-hydrogen) atoms. The van der Waals surface area contributed by atoms with Crippen LogP contribution in [-0.4, -0.2) is 64.2 Å². The molecule has 192 valence electrons. The van der Waals surface area contributed by atoms with Crippen LogP contribution in [0.15, 0.2) is 77.2 Å². The number of carbonyl (C=O) groups excluding carboxylic acids is 1. The third kappa shape index (κ3) is 4.78. The molecule has 0 saturated carbocycles. The van der Waals surface area contributed by atoms with Gasteiger partial charge in [0, 0.05) is 44.2 Å². The second kappa shape index (κ2) is 10.4. The topological polar surface area (TPSA) is 84.6 Å². The van der Waals surface area contributed by atoms with Gasteiger partial charge in [-0.2, -0.15) is 0 Å². The van der Waals surface area contributed by atoms with Crippen molar-refractivity contribution in [2.45, 2.75) is 13.0 Å². The molecule has 0 radical (unpaired) electrons. The molecule has 1 aliphatic heterocycles. The fourth-order valence-corrected chi connectivity index (χ4v) is 5.86. The van der Waals surface area contributed by atoms with Gasteiger partial charge in [-0.1, -0.05) is 42.5 Å². The highest BCUT2D eigenvalue weighted by Crippen LogP contribution is 2.33. The van der Waals surface area contributed by atoms with Crippen molar-refractivity contribution < 1.29 is 13.9 Å². The number of piperazine rings is 1. The van der Waals surface area contributed by atoms with Gasteiger partial charge in [-0.05, 0) is 35.9 Å². The number of nitrogens with zero attached hydrogens (tertiary/aromatic N) is 5. The van der Waals surface area contributed by atoms with Crippen LogP contribution in [0.25, 0.3) is 20.8 Å². The molecule has 1 fully saturated rings. The van der Waals surface area contributed by atoms with Crippen molar-refractivity contribution in [3.8, 4) is 16.3 Å². The lowest BCUT2D eigenvalue weighted by Gasteiger charge is -2.38. The summed E-state index contributed by atoms with van der Waals surface area (Å²) in [6.07, 6.45) is 0. The normalized spacial score (nSPS) is 15.1. The summed E-state index contributed by atoms with van der Waals surface area (Å²) in [5.41, 5.74) is 3.62. The molecule has 9 heteroatoms. The highest BCUT2D eigenvalue weighted by molar-refractivity contribution is 7.21. The van der Waals surface area contributed by atoms with Crippen LogP contribution in [-0.2, 0) is 0 Å². The predicted molar refractivity (Wildman–Crippen MR) is 146 cm³/mol. The summed E-state index contributed by atoms with van der Waals surface area (Å²) < 4.78 is 12.2. The van der Waals surface area contributed by atoms with Crippen molar-refractivity contribution in [3.05, 3.63) is 95.7 Å². The van der Waals surface area contributed by atoms with Crippen LogP contribution in [0.5, 0.6) is 5.75 Å². The molecular formula is C29H27N5O3S. The number of amides is 1. The first-order valence-corrected chi connectivity index (χ1v) is 13.3. The number of thiazole rings is 1. The maximum absolute atomic E-state index is 13.5. The Hall–Kier alpha value is -4.08. The molecule has 0 bridgehead atoms. The van der Waals surface area contributed by atoms with Crippen molar-refractivity contribution in [2.75, 3.05) is 33.3 Å². The van der Waals surface area contributed by atoms with E-state index in [0.29, 0.717) is 43.5 Å². The highest BCUT2D eigenvalue weighted by atomic mass is 32.1. The fraction of sp³-hybridized carbons (Fsp3) is 0.241. The summed E-state index contributed by atoms with van der Waals surface area (Å²) in [4.78, 5) is 22.5. The van der Waals surface area contributed by atoms with Crippen molar-refractivity contribution in [1.82, 2.24) is 25.0 Å². The minimum absolute atomic E-state index is 0.0270. The Morgan fingerprint density at radius 3 is 2.53 bits per heavy atom. The first-order chi connectivity index (χ1) is 18.6. The van der Waals surface area contributed by atoms with Crippen molar-refractivity contribution in [1.29, 1.82) is 0 Å². The van der Waals surface area contributed by atoms with Gasteiger partial charge in [0.25, 0.3) is 5.91 Å². The first kappa shape index (κ1) is 24.3. The van der Waals surface area contributed by atoms with E-state index in [9.17, 15) is 4.79 Å². The van der Waals surface area contributed by atoms with Gasteiger partial charge in [-0.25, -0.2) is 4.98 Å². The van der Waals surface area contributed by atoms with Gasteiger partial charge < -0.3 is 14.1 Å². The second-order valence-electron chi connectivity index (χ2n) is 9.23. The van der Waals surface area contributed by atoms with E-state index in [0.717, 1.165) is 32.1 Å². The number of ether oxygens (including phenoxy) is 1. The number of aryl methyl sites for hydroxylation is 1. The molecule has 1 amide bonds. The third-order valence-corrected chi connectivity index (χ3v) is 7.88. The summed E-state index contributed by atoms with van der Waals surface area (Å²) in [5.74, 6) is 1.95. The van der Waals surface area contributed by atoms with E-state index in [4.69, 9.17) is 14.1 Å². The van der Waals surface area contributed by atoms with Crippen LogP contribution in [0.1, 0.15) is 33.7 Å². The van der Waals surface area contributed by atoms with Gasteiger partial charge in [-0.3, -0.25) is 9.69 Å². The molecular weight excluding hydrogens is 498 g/mol. The van der Waals surface area contributed by atoms with E-state index in [-0.39, 0.29) is 11.9 Å². The molecule has 3 heterocycles. The molecule has 1 saturated heterocycles. The number of benzene rings is 3. The van der Waals surface area contributed by atoms with Gasteiger partial charge in [0.15, 0.2) is 0 Å². The molecule has 1 unspecified atom stereocenters. The van der Waals surface area contributed by atoms with Crippen LogP contribution in [0.2, 0.25) is 0 Å². The van der Waals surface area contributed by atoms with E-state index in [1.807, 2.05) is 65.6 Å². The summed E-state index contributed by atoms with van der Waals surface area (Å²) in [6.45, 7) is 4.42. The summed E-state index contributed by atoms with van der Waals surface area (Å²) in [5, 5.41) is 9.24. The first-order valence-electron chi connectivity index (χ1n) is 12.5. The van der Waals surface area contributed by atoms with Crippen LogP contribution >= 0.6 is 11.3 Å². The molecule has 0 spiro atoms. The maximum atomic E-state index is 13.5. The van der Waals surface area contributed by atoms with Gasteiger partial charge in [0.05, 0.1) is 17.3 Å². The number of aromatic nitrogens is 3. The molecule has 1 aliphatic rings. The Bertz CT molecular complexity index is 1570. The summed E-state index contributed by atoms with van der Waals surface area (Å²) in [6, 6.07) is 23.6. The molecule has 6 rings (SSSR count). The monoisotopic (exact) mass is 525 g/mol. The number of hydrogen-bond acceptors (Lipinski definition) is 8. The van der Waals surface area contributed by atoms with Crippen LogP contribution in [0.3, 0.4) is 0 Å². The van der Waals surface area contributed by atoms with E-state index in [2.05, 4.69) is 27.2 Å². The van der Waals surface area contributed by atoms with Gasteiger partial charge in [0.1, 0.15) is 16.8 Å². The van der Waals surface area contributed by atoms with Crippen LogP contribution < -0.4 is 4.74 Å². The van der Waals surface area contributed by atoms with Gasteiger partial charge >= 0.3 is 0 Å². The smallest absolute Gasteiger partial charge is 0.253 e. The van der Waals surface area contributed by atoms with Gasteiger partial charge in [0.2, 0.25) is 11.8 Å². The number of methoxy groups -OCH3 is 1. The average molecular weight is 526 g/mol. The number of hydrogen-bond donors (Lipinski definition) is 0. The van der Waals surface area contributed by atoms with E-state index in [1.165, 1.54) is 0 Å². The third-order valence-electron chi connectivity index (χ3n) is 6.81. The zero-order chi connectivity index (χ0) is 26.1. The Kier molecular flexibility index (Phi) is 6.61. The number of rotatable bonds is 6. The minimum atomic E-state index is -0.143. The Labute approximate surface area is 224 Å². The standard InChI is InChI=1S/C29H27N5O3S/c1-19-31-32-27(37-19)26(20-7-4-3-5-8-20)33-13-15-34(16-14-33)29(35)22-10-6-9-21(17-22)28-30-24-12-11-23(36-2)18-25(24)38-28/h3-12,17-18,26H,13-16H2,1-2H3. The zero-order valence-electron chi connectivity index (χ0n) is 21.2. The predicted octanol–water partition coefficient (Wildman–Crippen LogP) is 5.21. The van der Waals surface area contributed by atoms with E-state index < -0.39 is 0 Å². The lowest BCUT2D eigenvalue weighted by atomic mass is 10.0. The number of carbonyl (C=O) groups is 1. The Balaban J connectivity index is 1.19. The second-order valence-corrected chi connectivity index (χ2v) is 10.3. The molecule has 0 N–H and O–H groups in total. The minimum Gasteiger partial charge on any atom is -0.497 e.